The molecule has 1 aliphatic carbocycles. The van der Waals surface area contributed by atoms with Gasteiger partial charge in [-0.05, 0) is 18.4 Å². The van der Waals surface area contributed by atoms with E-state index in [0.29, 0.717) is 12.8 Å². The van der Waals surface area contributed by atoms with E-state index in [1.807, 2.05) is 6.08 Å². The maximum absolute atomic E-state index is 10.8. The third-order valence-corrected chi connectivity index (χ3v) is 1.64. The summed E-state index contributed by atoms with van der Waals surface area (Å²) in [4.78, 5) is 10.8. The van der Waals surface area contributed by atoms with Crippen LogP contribution in [0.25, 0.3) is 0 Å². The van der Waals surface area contributed by atoms with Crippen LogP contribution in [0.5, 0.6) is 0 Å². The molecule has 0 aliphatic heterocycles. The molecule has 0 amide bonds. The van der Waals surface area contributed by atoms with Crippen molar-refractivity contribution in [3.63, 3.8) is 0 Å². The van der Waals surface area contributed by atoms with E-state index in [1.54, 1.807) is 6.08 Å². The van der Waals surface area contributed by atoms with Crippen LogP contribution in [0.4, 0.5) is 0 Å². The van der Waals surface area contributed by atoms with Crippen molar-refractivity contribution in [3.8, 4) is 6.07 Å². The fourth-order valence-electron chi connectivity index (χ4n) is 1.11. The van der Waals surface area contributed by atoms with E-state index in [-0.39, 0.29) is 11.7 Å². The lowest BCUT2D eigenvalue weighted by Gasteiger charge is -2.11. The Morgan fingerprint density at radius 2 is 2.60 bits per heavy atom. The van der Waals surface area contributed by atoms with Gasteiger partial charge >= 0.3 is 0 Å². The van der Waals surface area contributed by atoms with E-state index in [2.05, 4.69) is 6.07 Å². The molecular weight excluding hydrogens is 126 g/mol. The summed E-state index contributed by atoms with van der Waals surface area (Å²) in [7, 11) is 0. The van der Waals surface area contributed by atoms with Crippen LogP contribution >= 0.6 is 0 Å². The normalized spacial score (nSPS) is 24.3. The number of hydrogen-bond donors (Lipinski definition) is 0. The number of hydrogen-bond acceptors (Lipinski definition) is 2. The van der Waals surface area contributed by atoms with Crippen LogP contribution in [0.1, 0.15) is 19.3 Å². The fourth-order valence-corrected chi connectivity index (χ4v) is 1.11. The summed E-state index contributed by atoms with van der Waals surface area (Å²) in [6.07, 6.45) is 5.42. The van der Waals surface area contributed by atoms with Gasteiger partial charge < -0.3 is 0 Å². The molecular formula is C8H9NO. The Morgan fingerprint density at radius 1 is 1.80 bits per heavy atom. The molecule has 0 spiro atoms. The second-order valence-corrected chi connectivity index (χ2v) is 2.54. The minimum Gasteiger partial charge on any atom is -0.295 e. The third kappa shape index (κ3) is 1.70. The van der Waals surface area contributed by atoms with Gasteiger partial charge in [0.25, 0.3) is 0 Å². The van der Waals surface area contributed by atoms with E-state index in [0.717, 1.165) is 6.42 Å². The van der Waals surface area contributed by atoms with Gasteiger partial charge in [-0.2, -0.15) is 5.26 Å². The molecule has 52 valence electrons. The molecule has 2 nitrogen and oxygen atoms in total. The largest absolute Gasteiger partial charge is 0.295 e. The first-order valence-electron chi connectivity index (χ1n) is 3.39. The van der Waals surface area contributed by atoms with E-state index < -0.39 is 0 Å². The van der Waals surface area contributed by atoms with Crippen molar-refractivity contribution in [2.45, 2.75) is 19.3 Å². The number of nitriles is 1. The van der Waals surface area contributed by atoms with Crippen LogP contribution in [-0.4, -0.2) is 5.78 Å². The summed E-state index contributed by atoms with van der Waals surface area (Å²) in [5, 5.41) is 8.32. The van der Waals surface area contributed by atoms with Gasteiger partial charge in [0.2, 0.25) is 0 Å². The van der Waals surface area contributed by atoms with Crippen LogP contribution < -0.4 is 0 Å². The van der Waals surface area contributed by atoms with Crippen LogP contribution in [0.15, 0.2) is 12.2 Å². The van der Waals surface area contributed by atoms with E-state index in [9.17, 15) is 4.79 Å². The van der Waals surface area contributed by atoms with Crippen molar-refractivity contribution in [1.29, 1.82) is 5.26 Å². The highest BCUT2D eigenvalue weighted by atomic mass is 16.1. The van der Waals surface area contributed by atoms with Crippen molar-refractivity contribution in [3.05, 3.63) is 12.2 Å². The number of rotatable bonds is 1. The monoisotopic (exact) mass is 135 g/mol. The SMILES string of the molecule is N#CCC1CC=CC(=O)C1. The maximum atomic E-state index is 10.8. The van der Waals surface area contributed by atoms with E-state index in [1.165, 1.54) is 0 Å². The Morgan fingerprint density at radius 3 is 3.20 bits per heavy atom. The lowest BCUT2D eigenvalue weighted by molar-refractivity contribution is -0.115. The second kappa shape index (κ2) is 3.17. The predicted molar refractivity (Wildman–Crippen MR) is 37.1 cm³/mol. The summed E-state index contributed by atoms with van der Waals surface area (Å²) in [6.45, 7) is 0. The summed E-state index contributed by atoms with van der Waals surface area (Å²) in [5.74, 6) is 0.439. The molecule has 10 heavy (non-hydrogen) atoms. The Bertz CT molecular complexity index is 200. The number of allylic oxidation sites excluding steroid dienone is 2. The first-order chi connectivity index (χ1) is 4.83. The Kier molecular flexibility index (Phi) is 2.22. The molecule has 0 saturated carbocycles. The molecule has 2 heteroatoms. The molecule has 0 bridgehead atoms. The molecule has 1 atom stereocenters. The number of nitrogens with zero attached hydrogens (tertiary/aromatic N) is 1. The molecule has 0 fully saturated rings. The summed E-state index contributed by atoms with van der Waals surface area (Å²) in [6, 6.07) is 2.07. The average molecular weight is 135 g/mol. The Hall–Kier alpha value is -1.10. The van der Waals surface area contributed by atoms with E-state index >= 15 is 0 Å². The van der Waals surface area contributed by atoms with E-state index in [4.69, 9.17) is 5.26 Å². The standard InChI is InChI=1S/C8H9NO/c9-5-4-7-2-1-3-8(10)6-7/h1,3,7H,2,4,6H2. The highest BCUT2D eigenvalue weighted by Gasteiger charge is 2.13. The van der Waals surface area contributed by atoms with Gasteiger partial charge in [0.15, 0.2) is 5.78 Å². The number of carbonyl (C=O) groups excluding carboxylic acids is 1. The molecule has 1 rings (SSSR count). The maximum Gasteiger partial charge on any atom is 0.155 e. The Balaban J connectivity index is 2.46. The highest BCUT2D eigenvalue weighted by molar-refractivity contribution is 5.90. The molecule has 0 saturated heterocycles. The fraction of sp³-hybridized carbons (Fsp3) is 0.500. The first kappa shape index (κ1) is 7.01. The summed E-state index contributed by atoms with van der Waals surface area (Å²) in [5.41, 5.74) is 0. The molecule has 0 N–H and O–H groups in total. The van der Waals surface area contributed by atoms with Crippen LogP contribution in [0.2, 0.25) is 0 Å². The molecule has 0 radical (unpaired) electrons. The third-order valence-electron chi connectivity index (χ3n) is 1.64. The molecule has 1 aliphatic rings. The number of carbonyl (C=O) groups is 1. The quantitative estimate of drug-likeness (QED) is 0.545. The first-order valence-corrected chi connectivity index (χ1v) is 3.39. The van der Waals surface area contributed by atoms with Gasteiger partial charge in [-0.1, -0.05) is 6.08 Å². The second-order valence-electron chi connectivity index (χ2n) is 2.54. The van der Waals surface area contributed by atoms with Gasteiger partial charge in [-0.3, -0.25) is 4.79 Å². The predicted octanol–water partition coefficient (Wildman–Crippen LogP) is 1.44. The Labute approximate surface area is 60.2 Å². The van der Waals surface area contributed by atoms with Crippen LogP contribution in [-0.2, 0) is 4.79 Å². The average Bonchev–Trinajstić information content (AvgIpc) is 1.88. The van der Waals surface area contributed by atoms with Gasteiger partial charge in [0.05, 0.1) is 6.07 Å². The summed E-state index contributed by atoms with van der Waals surface area (Å²) >= 11 is 0. The van der Waals surface area contributed by atoms with Gasteiger partial charge in [-0.25, -0.2) is 0 Å². The van der Waals surface area contributed by atoms with Crippen molar-refractivity contribution in [2.24, 2.45) is 5.92 Å². The molecule has 1 unspecified atom stereocenters. The molecule has 0 aromatic heterocycles. The topological polar surface area (TPSA) is 40.9 Å². The van der Waals surface area contributed by atoms with Crippen LogP contribution in [0, 0.1) is 17.2 Å². The van der Waals surface area contributed by atoms with Crippen molar-refractivity contribution >= 4 is 5.78 Å². The molecule has 0 aromatic rings. The smallest absolute Gasteiger partial charge is 0.155 e. The van der Waals surface area contributed by atoms with Crippen molar-refractivity contribution in [2.75, 3.05) is 0 Å². The highest BCUT2D eigenvalue weighted by Crippen LogP contribution is 2.18. The molecule has 0 heterocycles. The minimum absolute atomic E-state index is 0.159. The minimum atomic E-state index is 0.159. The van der Waals surface area contributed by atoms with Gasteiger partial charge in [-0.15, -0.1) is 0 Å². The zero-order valence-electron chi connectivity index (χ0n) is 5.71. The number of ketones is 1. The molecule has 0 aromatic carbocycles. The lowest BCUT2D eigenvalue weighted by atomic mass is 9.91. The summed E-state index contributed by atoms with van der Waals surface area (Å²) < 4.78 is 0. The van der Waals surface area contributed by atoms with Crippen LogP contribution in [0.3, 0.4) is 0 Å². The van der Waals surface area contributed by atoms with Gasteiger partial charge in [0, 0.05) is 12.8 Å². The van der Waals surface area contributed by atoms with Crippen molar-refractivity contribution in [1.82, 2.24) is 0 Å². The van der Waals surface area contributed by atoms with Crippen molar-refractivity contribution < 1.29 is 4.79 Å². The van der Waals surface area contributed by atoms with Gasteiger partial charge in [0.1, 0.15) is 0 Å². The zero-order chi connectivity index (χ0) is 7.40. The lowest BCUT2D eigenvalue weighted by Crippen LogP contribution is -2.09. The zero-order valence-corrected chi connectivity index (χ0v) is 5.71.